The first-order valence-electron chi connectivity index (χ1n) is 9.81. The molecule has 33 heavy (non-hydrogen) atoms. The zero-order chi connectivity index (χ0) is 24.0. The molecular weight excluding hydrogens is 467 g/mol. The average molecular weight is 491 g/mol. The van der Waals surface area contributed by atoms with Gasteiger partial charge >= 0.3 is 0 Å². The van der Waals surface area contributed by atoms with Gasteiger partial charge in [-0.3, -0.25) is 14.2 Å². The van der Waals surface area contributed by atoms with Gasteiger partial charge in [0.1, 0.15) is 23.1 Å². The lowest BCUT2D eigenvalue weighted by molar-refractivity contribution is -0.113. The molecule has 0 saturated heterocycles. The van der Waals surface area contributed by atoms with Crippen molar-refractivity contribution >= 4 is 40.0 Å². The molecular formula is C21H23FN6O3S2. The molecule has 0 unspecified atom stereocenters. The van der Waals surface area contributed by atoms with Gasteiger partial charge < -0.3 is 15.0 Å². The van der Waals surface area contributed by atoms with Gasteiger partial charge in [0.2, 0.25) is 5.91 Å². The maximum absolute atomic E-state index is 13.0. The highest BCUT2D eigenvalue weighted by atomic mass is 32.2. The molecule has 0 aliphatic rings. The number of anilines is 1. The molecule has 0 radical (unpaired) electrons. The van der Waals surface area contributed by atoms with E-state index in [2.05, 4.69) is 27.1 Å². The molecule has 1 aromatic carbocycles. The van der Waals surface area contributed by atoms with E-state index in [1.807, 2.05) is 0 Å². The van der Waals surface area contributed by atoms with E-state index in [0.29, 0.717) is 39.0 Å². The van der Waals surface area contributed by atoms with Crippen LogP contribution in [0.5, 0.6) is 5.75 Å². The molecule has 1 N–H and O–H groups in total. The van der Waals surface area contributed by atoms with Crippen LogP contribution in [0, 0.1) is 12.7 Å². The minimum atomic E-state index is -0.345. The minimum absolute atomic E-state index is 0.0731. The van der Waals surface area contributed by atoms with Crippen molar-refractivity contribution in [2.24, 2.45) is 0 Å². The van der Waals surface area contributed by atoms with Gasteiger partial charge in [-0.15, -0.1) is 16.8 Å². The lowest BCUT2D eigenvalue weighted by Gasteiger charge is -2.09. The molecule has 0 bridgehead atoms. The number of amides is 2. The van der Waals surface area contributed by atoms with Gasteiger partial charge in [0.15, 0.2) is 16.1 Å². The van der Waals surface area contributed by atoms with E-state index in [1.54, 1.807) is 31.7 Å². The highest BCUT2D eigenvalue weighted by Crippen LogP contribution is 2.24. The number of carbonyl (C=O) groups is 2. The van der Waals surface area contributed by atoms with Gasteiger partial charge in [-0.05, 0) is 31.2 Å². The molecule has 3 aromatic rings. The SMILES string of the molecule is C=CCn1c(COc2ccc(F)cc2)nnc1SCC(=O)Nc1nc(C)c(C(=O)N(C)C)s1. The van der Waals surface area contributed by atoms with E-state index in [9.17, 15) is 14.0 Å². The number of thiazole rings is 1. The van der Waals surface area contributed by atoms with Crippen LogP contribution in [0.4, 0.5) is 9.52 Å². The number of aryl methyl sites for hydroxylation is 1. The van der Waals surface area contributed by atoms with Gasteiger partial charge in [0, 0.05) is 20.6 Å². The zero-order valence-corrected chi connectivity index (χ0v) is 20.0. The molecule has 0 aliphatic heterocycles. The van der Waals surface area contributed by atoms with Gasteiger partial charge in [-0.25, -0.2) is 9.37 Å². The van der Waals surface area contributed by atoms with E-state index in [-0.39, 0.29) is 30.0 Å². The van der Waals surface area contributed by atoms with Crippen LogP contribution >= 0.6 is 23.1 Å². The molecule has 0 atom stereocenters. The number of hydrogen-bond donors (Lipinski definition) is 1. The monoisotopic (exact) mass is 490 g/mol. The second-order valence-corrected chi connectivity index (χ2v) is 8.95. The lowest BCUT2D eigenvalue weighted by atomic mass is 10.3. The van der Waals surface area contributed by atoms with Crippen molar-refractivity contribution in [3.63, 3.8) is 0 Å². The summed E-state index contributed by atoms with van der Waals surface area (Å²) in [4.78, 5) is 30.8. The van der Waals surface area contributed by atoms with E-state index in [0.717, 1.165) is 11.3 Å². The third kappa shape index (κ3) is 6.39. The standard InChI is InChI=1S/C21H23FN6O3S2/c1-5-10-28-16(11-31-15-8-6-14(22)7-9-15)25-26-21(28)32-12-17(29)24-20-23-13(2)18(33-20)19(30)27(3)4/h5-9H,1,10-12H2,2-4H3,(H,23,24,29). The second kappa shape index (κ2) is 11.1. The van der Waals surface area contributed by atoms with Gasteiger partial charge in [-0.1, -0.05) is 29.2 Å². The third-order valence-corrected chi connectivity index (χ3v) is 6.29. The van der Waals surface area contributed by atoms with Crippen LogP contribution in [0.3, 0.4) is 0 Å². The van der Waals surface area contributed by atoms with Crippen molar-refractivity contribution in [2.45, 2.75) is 25.2 Å². The third-order valence-electron chi connectivity index (χ3n) is 4.26. The minimum Gasteiger partial charge on any atom is -0.486 e. The maximum atomic E-state index is 13.0. The van der Waals surface area contributed by atoms with Crippen molar-refractivity contribution in [1.82, 2.24) is 24.6 Å². The first kappa shape index (κ1) is 24.4. The molecule has 0 saturated carbocycles. The molecule has 12 heteroatoms. The van der Waals surface area contributed by atoms with Crippen LogP contribution in [0.1, 0.15) is 21.2 Å². The predicted molar refractivity (Wildman–Crippen MR) is 125 cm³/mol. The summed E-state index contributed by atoms with van der Waals surface area (Å²) in [7, 11) is 3.32. The Kier molecular flexibility index (Phi) is 8.17. The molecule has 2 aromatic heterocycles. The molecule has 9 nitrogen and oxygen atoms in total. The Morgan fingerprint density at radius 3 is 2.70 bits per heavy atom. The summed E-state index contributed by atoms with van der Waals surface area (Å²) in [5.74, 6) is 0.336. The highest BCUT2D eigenvalue weighted by Gasteiger charge is 2.19. The number of allylic oxidation sites excluding steroid dienone is 1. The summed E-state index contributed by atoms with van der Waals surface area (Å²) in [6.07, 6.45) is 1.69. The molecule has 2 amide bonds. The largest absolute Gasteiger partial charge is 0.486 e. The van der Waals surface area contributed by atoms with Crippen LogP contribution in [0.25, 0.3) is 0 Å². The molecule has 3 rings (SSSR count). The summed E-state index contributed by atoms with van der Waals surface area (Å²) in [6, 6.07) is 5.68. The Labute approximate surface area is 198 Å². The summed E-state index contributed by atoms with van der Waals surface area (Å²) in [5, 5.41) is 11.9. The molecule has 0 spiro atoms. The van der Waals surface area contributed by atoms with Crippen molar-refractivity contribution in [1.29, 1.82) is 0 Å². The number of benzene rings is 1. The molecule has 2 heterocycles. The maximum Gasteiger partial charge on any atom is 0.265 e. The summed E-state index contributed by atoms with van der Waals surface area (Å²) in [5.41, 5.74) is 0.568. The van der Waals surface area contributed by atoms with Crippen molar-refractivity contribution in [3.8, 4) is 5.75 Å². The number of halogens is 1. The Morgan fingerprint density at radius 2 is 2.03 bits per heavy atom. The van der Waals surface area contributed by atoms with Gasteiger partial charge in [0.25, 0.3) is 5.91 Å². The smallest absolute Gasteiger partial charge is 0.265 e. The number of thioether (sulfide) groups is 1. The quantitative estimate of drug-likeness (QED) is 0.343. The van der Waals surface area contributed by atoms with Crippen molar-refractivity contribution in [3.05, 3.63) is 59.1 Å². The van der Waals surface area contributed by atoms with Crippen LogP contribution in [0.2, 0.25) is 0 Å². The molecule has 0 aliphatic carbocycles. The fourth-order valence-corrected chi connectivity index (χ4v) is 4.43. The first-order chi connectivity index (χ1) is 15.8. The normalized spacial score (nSPS) is 10.7. The Hall–Kier alpha value is -3.25. The van der Waals surface area contributed by atoms with Crippen molar-refractivity contribution in [2.75, 3.05) is 25.2 Å². The van der Waals surface area contributed by atoms with Crippen LogP contribution in [0.15, 0.2) is 42.1 Å². The second-order valence-electron chi connectivity index (χ2n) is 7.01. The lowest BCUT2D eigenvalue weighted by Crippen LogP contribution is -2.21. The average Bonchev–Trinajstić information content (AvgIpc) is 3.34. The van der Waals surface area contributed by atoms with Crippen LogP contribution < -0.4 is 10.1 Å². The Bertz CT molecular complexity index is 1140. The van der Waals surface area contributed by atoms with E-state index < -0.39 is 0 Å². The first-order valence-corrected chi connectivity index (χ1v) is 11.6. The summed E-state index contributed by atoms with van der Waals surface area (Å²) < 4.78 is 20.5. The molecule has 0 fully saturated rings. The topological polar surface area (TPSA) is 102 Å². The fraction of sp³-hybridized carbons (Fsp3) is 0.286. The van der Waals surface area contributed by atoms with E-state index >= 15 is 0 Å². The van der Waals surface area contributed by atoms with E-state index in [1.165, 1.54) is 40.9 Å². The number of aromatic nitrogens is 4. The number of hydrogen-bond acceptors (Lipinski definition) is 8. The predicted octanol–water partition coefficient (Wildman–Crippen LogP) is 3.38. The van der Waals surface area contributed by atoms with Gasteiger partial charge in [-0.2, -0.15) is 0 Å². The summed E-state index contributed by atoms with van der Waals surface area (Å²) >= 11 is 2.34. The number of rotatable bonds is 10. The van der Waals surface area contributed by atoms with Crippen LogP contribution in [-0.4, -0.2) is 56.3 Å². The number of nitrogens with one attached hydrogen (secondary N) is 1. The molecule has 174 valence electrons. The zero-order valence-electron chi connectivity index (χ0n) is 18.4. The summed E-state index contributed by atoms with van der Waals surface area (Å²) in [6.45, 7) is 6.03. The van der Waals surface area contributed by atoms with Crippen molar-refractivity contribution < 1.29 is 18.7 Å². The number of carbonyl (C=O) groups excluding carboxylic acids is 2. The Balaban J connectivity index is 1.60. The van der Waals surface area contributed by atoms with Gasteiger partial charge in [0.05, 0.1) is 11.4 Å². The Morgan fingerprint density at radius 1 is 1.30 bits per heavy atom. The highest BCUT2D eigenvalue weighted by molar-refractivity contribution is 7.99. The number of nitrogens with zero attached hydrogens (tertiary/aromatic N) is 5. The van der Waals surface area contributed by atoms with E-state index in [4.69, 9.17) is 4.74 Å². The fourth-order valence-electron chi connectivity index (χ4n) is 2.66. The van der Waals surface area contributed by atoms with Crippen LogP contribution in [-0.2, 0) is 17.9 Å². The number of ether oxygens (including phenoxy) is 1.